The maximum atomic E-state index is 10.5. The molecule has 0 aliphatic carbocycles. The van der Waals surface area contributed by atoms with Gasteiger partial charge in [0.2, 0.25) is 0 Å². The van der Waals surface area contributed by atoms with Gasteiger partial charge in [-0.1, -0.05) is 33.6 Å². The lowest BCUT2D eigenvalue weighted by Crippen LogP contribution is -2.46. The van der Waals surface area contributed by atoms with Crippen LogP contribution < -0.4 is 0 Å². The maximum absolute atomic E-state index is 10.5. The van der Waals surface area contributed by atoms with Crippen LogP contribution in [0.15, 0.2) is 0 Å². The normalized spacial score (nSPS) is 18.6. The Kier molecular flexibility index (Phi) is 8.91. The molecular weight excluding hydrogens is 256 g/mol. The van der Waals surface area contributed by atoms with E-state index in [-0.39, 0.29) is 18.3 Å². The molecule has 0 aromatic rings. The van der Waals surface area contributed by atoms with Crippen LogP contribution in [0.1, 0.15) is 67.7 Å². The summed E-state index contributed by atoms with van der Waals surface area (Å²) in [4.78, 5) is 0. The second-order valence-corrected chi connectivity index (χ2v) is 6.15. The lowest BCUT2D eigenvalue weighted by molar-refractivity contribution is -0.396. The topological polar surface area (TPSA) is 47.9 Å². The Hall–Kier alpha value is -0.160. The fraction of sp³-hybridized carbons (Fsp3) is 1.00. The van der Waals surface area contributed by atoms with Crippen LogP contribution in [-0.2, 0) is 14.2 Å². The van der Waals surface area contributed by atoms with Gasteiger partial charge in [-0.3, -0.25) is 0 Å². The van der Waals surface area contributed by atoms with Gasteiger partial charge in [0.05, 0.1) is 11.7 Å². The van der Waals surface area contributed by atoms with Crippen molar-refractivity contribution < 1.29 is 19.3 Å². The van der Waals surface area contributed by atoms with Gasteiger partial charge in [-0.05, 0) is 40.0 Å². The molecule has 0 bridgehead atoms. The number of ether oxygens (including phenoxy) is 3. The minimum Gasteiger partial charge on any atom is -0.367 e. The number of rotatable bonds is 11. The molecule has 0 saturated carbocycles. The largest absolute Gasteiger partial charge is 0.367 e. The molecule has 20 heavy (non-hydrogen) atoms. The van der Waals surface area contributed by atoms with Gasteiger partial charge >= 0.3 is 5.97 Å². The third-order valence-corrected chi connectivity index (χ3v) is 3.68. The Morgan fingerprint density at radius 1 is 1.05 bits per heavy atom. The third kappa shape index (κ3) is 7.58. The van der Waals surface area contributed by atoms with E-state index in [2.05, 4.69) is 20.8 Å². The first-order chi connectivity index (χ1) is 9.19. The summed E-state index contributed by atoms with van der Waals surface area (Å²) in [5.74, 6) is -1.31. The molecule has 0 aromatic carbocycles. The summed E-state index contributed by atoms with van der Waals surface area (Å²) in [6, 6.07) is 0. The van der Waals surface area contributed by atoms with Crippen molar-refractivity contribution >= 4 is 0 Å². The van der Waals surface area contributed by atoms with Crippen LogP contribution >= 0.6 is 0 Å². The first-order valence-corrected chi connectivity index (χ1v) is 7.87. The predicted molar refractivity (Wildman–Crippen MR) is 81.5 cm³/mol. The fourth-order valence-electron chi connectivity index (χ4n) is 2.03. The second-order valence-electron chi connectivity index (χ2n) is 6.15. The van der Waals surface area contributed by atoms with Crippen LogP contribution in [-0.4, -0.2) is 36.0 Å². The van der Waals surface area contributed by atoms with Crippen molar-refractivity contribution in [1.29, 1.82) is 0 Å². The van der Waals surface area contributed by atoms with Gasteiger partial charge in [0.15, 0.2) is 0 Å². The van der Waals surface area contributed by atoms with Gasteiger partial charge in [-0.25, -0.2) is 0 Å². The van der Waals surface area contributed by atoms with E-state index in [9.17, 15) is 5.11 Å². The molecule has 0 saturated heterocycles. The van der Waals surface area contributed by atoms with Gasteiger partial charge in [0, 0.05) is 6.61 Å². The van der Waals surface area contributed by atoms with Crippen molar-refractivity contribution in [1.82, 2.24) is 0 Å². The number of aliphatic hydroxyl groups is 1. The molecule has 3 atom stereocenters. The first kappa shape index (κ1) is 19.8. The molecular formula is C16H34O4. The monoisotopic (exact) mass is 290 g/mol. The molecule has 122 valence electrons. The zero-order valence-electron chi connectivity index (χ0n) is 14.4. The van der Waals surface area contributed by atoms with Crippen molar-refractivity contribution in [2.75, 3.05) is 13.2 Å². The molecule has 0 fully saturated rings. The van der Waals surface area contributed by atoms with Crippen LogP contribution in [0.3, 0.4) is 0 Å². The summed E-state index contributed by atoms with van der Waals surface area (Å²) in [6.07, 6.45) is 2.86. The Labute approximate surface area is 124 Å². The zero-order chi connectivity index (χ0) is 15.8. The van der Waals surface area contributed by atoms with Crippen LogP contribution in [0.2, 0.25) is 0 Å². The lowest BCUT2D eigenvalue weighted by Gasteiger charge is -2.35. The minimum absolute atomic E-state index is 0.0224. The van der Waals surface area contributed by atoms with Crippen molar-refractivity contribution in [3.05, 3.63) is 0 Å². The Balaban J connectivity index is 4.59. The summed E-state index contributed by atoms with van der Waals surface area (Å²) in [7, 11) is 0. The molecule has 0 spiro atoms. The fourth-order valence-corrected chi connectivity index (χ4v) is 2.03. The molecule has 0 amide bonds. The summed E-state index contributed by atoms with van der Waals surface area (Å²) in [5, 5.41) is 10.5. The van der Waals surface area contributed by atoms with E-state index in [1.54, 1.807) is 0 Å². The van der Waals surface area contributed by atoms with E-state index in [0.29, 0.717) is 12.5 Å². The standard InChI is InChI=1S/C16H34O4/c1-8-11-15(6,7)19-12-16(17,18-10-3)20-14(5)13(4)9-2/h13-14,17H,8-12H2,1-7H3. The number of hydrogen-bond donors (Lipinski definition) is 1. The van der Waals surface area contributed by atoms with Gasteiger partial charge in [0.25, 0.3) is 0 Å². The van der Waals surface area contributed by atoms with Gasteiger partial charge in [-0.15, -0.1) is 0 Å². The lowest BCUT2D eigenvalue weighted by atomic mass is 10.0. The highest BCUT2D eigenvalue weighted by atomic mass is 16.8. The Bertz CT molecular complexity index is 255. The second kappa shape index (κ2) is 8.98. The smallest absolute Gasteiger partial charge is 0.305 e. The Morgan fingerprint density at radius 3 is 2.10 bits per heavy atom. The number of hydrogen-bond acceptors (Lipinski definition) is 4. The van der Waals surface area contributed by atoms with E-state index in [1.807, 2.05) is 27.7 Å². The first-order valence-electron chi connectivity index (χ1n) is 7.87. The quantitative estimate of drug-likeness (QED) is 0.589. The molecule has 0 rings (SSSR count). The summed E-state index contributed by atoms with van der Waals surface area (Å²) >= 11 is 0. The van der Waals surface area contributed by atoms with Crippen molar-refractivity contribution in [3.8, 4) is 0 Å². The highest BCUT2D eigenvalue weighted by Gasteiger charge is 2.35. The van der Waals surface area contributed by atoms with Crippen LogP contribution in [0.25, 0.3) is 0 Å². The molecule has 3 unspecified atom stereocenters. The predicted octanol–water partition coefficient (Wildman–Crippen LogP) is 3.72. The van der Waals surface area contributed by atoms with Gasteiger partial charge < -0.3 is 19.3 Å². The molecule has 1 N–H and O–H groups in total. The summed E-state index contributed by atoms with van der Waals surface area (Å²) in [5.41, 5.74) is -0.289. The highest BCUT2D eigenvalue weighted by molar-refractivity contribution is 4.70. The van der Waals surface area contributed by atoms with Crippen molar-refractivity contribution in [3.63, 3.8) is 0 Å². The zero-order valence-corrected chi connectivity index (χ0v) is 14.4. The molecule has 0 aromatic heterocycles. The van der Waals surface area contributed by atoms with Crippen LogP contribution in [0, 0.1) is 5.92 Å². The highest BCUT2D eigenvalue weighted by Crippen LogP contribution is 2.23. The Morgan fingerprint density at radius 2 is 1.65 bits per heavy atom. The molecule has 4 nitrogen and oxygen atoms in total. The van der Waals surface area contributed by atoms with Gasteiger partial charge in [0.1, 0.15) is 6.61 Å². The van der Waals surface area contributed by atoms with E-state index in [0.717, 1.165) is 19.3 Å². The van der Waals surface area contributed by atoms with E-state index in [1.165, 1.54) is 0 Å². The van der Waals surface area contributed by atoms with E-state index < -0.39 is 5.97 Å². The maximum Gasteiger partial charge on any atom is 0.305 e. The summed E-state index contributed by atoms with van der Waals surface area (Å²) < 4.78 is 16.9. The molecule has 0 radical (unpaired) electrons. The van der Waals surface area contributed by atoms with Gasteiger partial charge in [-0.2, -0.15) is 0 Å². The van der Waals surface area contributed by atoms with Crippen molar-refractivity contribution in [2.24, 2.45) is 5.92 Å². The van der Waals surface area contributed by atoms with Crippen LogP contribution in [0.5, 0.6) is 0 Å². The molecule has 0 aliphatic heterocycles. The third-order valence-electron chi connectivity index (χ3n) is 3.68. The summed E-state index contributed by atoms with van der Waals surface area (Å²) in [6.45, 7) is 14.5. The average Bonchev–Trinajstić information content (AvgIpc) is 2.36. The SMILES string of the molecule is CCCC(C)(C)OCC(O)(OCC)OC(C)C(C)CC. The molecule has 0 aliphatic rings. The van der Waals surface area contributed by atoms with E-state index in [4.69, 9.17) is 14.2 Å². The molecule has 4 heteroatoms. The van der Waals surface area contributed by atoms with E-state index >= 15 is 0 Å². The average molecular weight is 290 g/mol. The van der Waals surface area contributed by atoms with Crippen molar-refractivity contribution in [2.45, 2.75) is 85.4 Å². The minimum atomic E-state index is -1.66. The molecule has 0 heterocycles. The van der Waals surface area contributed by atoms with Crippen LogP contribution in [0.4, 0.5) is 0 Å².